The number of carboxylic acids is 2. The molecule has 0 radical (unpaired) electrons. The molecule has 0 heterocycles. The number of benzene rings is 1. The predicted molar refractivity (Wildman–Crippen MR) is 39.8 cm³/mol. The molecule has 0 atom stereocenters. The molecule has 0 N–H and O–H groups in total. The predicted octanol–water partition coefficient (Wildman–Crippen LogP) is -7.27. The van der Waals surface area contributed by atoms with Gasteiger partial charge in [0.2, 0.25) is 0 Å². The topological polar surface area (TPSA) is 80.3 Å². The maximum Gasteiger partial charge on any atom is 1.00 e. The van der Waals surface area contributed by atoms with Crippen LogP contribution in [0.1, 0.15) is 26.3 Å². The minimum Gasteiger partial charge on any atom is -0.545 e. The number of aromatic carboxylic acids is 2. The summed E-state index contributed by atoms with van der Waals surface area (Å²) in [4.78, 5) is 20.8. The van der Waals surface area contributed by atoms with Gasteiger partial charge in [0.05, 0.1) is 11.9 Å². The van der Waals surface area contributed by atoms with Crippen molar-refractivity contribution in [1.29, 1.82) is 0 Å². The zero-order valence-corrected chi connectivity index (χ0v) is 15.1. The van der Waals surface area contributed by atoms with Crippen LogP contribution in [0.15, 0.2) is 18.2 Å². The molecule has 0 aliphatic heterocycles. The van der Waals surface area contributed by atoms with E-state index in [1.807, 2.05) is 0 Å². The van der Waals surface area contributed by atoms with Gasteiger partial charge in [-0.2, -0.15) is 0 Å². The van der Waals surface area contributed by atoms with Crippen LogP contribution in [0.4, 0.5) is 0 Å². The number of carbonyl (C=O) groups is 2. The molecule has 0 spiro atoms. The molecule has 1 rings (SSSR count). The zero-order chi connectivity index (χ0) is 10.0. The number of hydrogen-bond donors (Lipinski definition) is 0. The van der Waals surface area contributed by atoms with Crippen LogP contribution in [0.25, 0.3) is 0 Å². The molecule has 0 unspecified atom stereocenters. The maximum atomic E-state index is 10.5. The van der Waals surface area contributed by atoms with Gasteiger partial charge in [-0.25, -0.2) is 0 Å². The van der Waals surface area contributed by atoms with E-state index < -0.39 is 11.9 Å². The fourth-order valence-corrected chi connectivity index (χ4v) is 0.969. The summed E-state index contributed by atoms with van der Waals surface area (Å²) in [5, 5.41) is 20.8. The molecule has 15 heavy (non-hydrogen) atoms. The third kappa shape index (κ3) is 5.53. The summed E-state index contributed by atoms with van der Waals surface area (Å²) in [5.41, 5.74) is 0.177. The summed E-state index contributed by atoms with van der Waals surface area (Å²) >= 11 is 0. The second-order valence-electron chi connectivity index (χ2n) is 2.60. The molecule has 68 valence electrons. The van der Waals surface area contributed by atoms with Crippen LogP contribution < -0.4 is 113 Å². The van der Waals surface area contributed by atoms with E-state index in [4.69, 9.17) is 0 Å². The fourth-order valence-electron chi connectivity index (χ4n) is 0.969. The van der Waals surface area contributed by atoms with E-state index in [9.17, 15) is 19.8 Å². The first kappa shape index (κ1) is 18.8. The SMILES string of the molecule is Cc1ccc(C(=O)[O-])cc1C(=O)[O-].[K+].[K+]. The van der Waals surface area contributed by atoms with Crippen molar-refractivity contribution < 1.29 is 123 Å². The van der Waals surface area contributed by atoms with Gasteiger partial charge in [-0.3, -0.25) is 0 Å². The Hall–Kier alpha value is 1.43. The molecule has 1 aromatic rings. The van der Waals surface area contributed by atoms with Crippen molar-refractivity contribution in [1.82, 2.24) is 0 Å². The molecule has 0 aliphatic carbocycles. The quantitative estimate of drug-likeness (QED) is 0.492. The van der Waals surface area contributed by atoms with Crippen LogP contribution in [0.5, 0.6) is 0 Å². The molecule has 0 amide bonds. The normalized spacial score (nSPS) is 8.33. The van der Waals surface area contributed by atoms with E-state index in [0.29, 0.717) is 5.56 Å². The Kier molecular flexibility index (Phi) is 10.7. The van der Waals surface area contributed by atoms with Crippen molar-refractivity contribution in [3.8, 4) is 0 Å². The zero-order valence-electron chi connectivity index (χ0n) is 8.87. The van der Waals surface area contributed by atoms with Gasteiger partial charge in [0.15, 0.2) is 0 Å². The maximum absolute atomic E-state index is 10.5. The first-order chi connectivity index (χ1) is 6.02. The Labute approximate surface area is 172 Å². The molecular weight excluding hydrogens is 250 g/mol. The van der Waals surface area contributed by atoms with Crippen molar-refractivity contribution in [2.45, 2.75) is 6.92 Å². The largest absolute Gasteiger partial charge is 1.00 e. The summed E-state index contributed by atoms with van der Waals surface area (Å²) in [6, 6.07) is 3.72. The summed E-state index contributed by atoms with van der Waals surface area (Å²) < 4.78 is 0. The molecule has 0 fully saturated rings. The van der Waals surface area contributed by atoms with E-state index in [1.165, 1.54) is 12.1 Å². The molecule has 4 nitrogen and oxygen atoms in total. The Bertz CT molecular complexity index is 376. The van der Waals surface area contributed by atoms with Crippen LogP contribution in [0.3, 0.4) is 0 Å². The van der Waals surface area contributed by atoms with E-state index in [2.05, 4.69) is 0 Å². The van der Waals surface area contributed by atoms with E-state index >= 15 is 0 Å². The van der Waals surface area contributed by atoms with Crippen LogP contribution in [0.2, 0.25) is 0 Å². The van der Waals surface area contributed by atoms with E-state index in [-0.39, 0.29) is 114 Å². The molecule has 0 saturated heterocycles. The van der Waals surface area contributed by atoms with Gasteiger partial charge >= 0.3 is 103 Å². The van der Waals surface area contributed by atoms with Crippen molar-refractivity contribution in [3.63, 3.8) is 0 Å². The van der Waals surface area contributed by atoms with E-state index in [1.54, 1.807) is 6.92 Å². The van der Waals surface area contributed by atoms with Crippen LogP contribution >= 0.6 is 0 Å². The second-order valence-corrected chi connectivity index (χ2v) is 2.60. The molecule has 1 aromatic carbocycles. The second kappa shape index (κ2) is 8.51. The first-order valence-electron chi connectivity index (χ1n) is 3.55. The van der Waals surface area contributed by atoms with Crippen LogP contribution in [0, 0.1) is 6.92 Å². The first-order valence-corrected chi connectivity index (χ1v) is 3.55. The number of carboxylic acid groups (broad SMARTS) is 2. The molecule has 0 saturated carbocycles. The molecular formula is C9H6K2O4. The minimum atomic E-state index is -1.40. The van der Waals surface area contributed by atoms with Gasteiger partial charge in [0.1, 0.15) is 0 Å². The number of hydrogen-bond acceptors (Lipinski definition) is 4. The van der Waals surface area contributed by atoms with Gasteiger partial charge < -0.3 is 19.8 Å². The van der Waals surface area contributed by atoms with Crippen molar-refractivity contribution in [2.24, 2.45) is 0 Å². The third-order valence-corrected chi connectivity index (χ3v) is 1.69. The monoisotopic (exact) mass is 256 g/mol. The van der Waals surface area contributed by atoms with Gasteiger partial charge in [-0.05, 0) is 24.1 Å². The molecule has 0 aliphatic rings. The van der Waals surface area contributed by atoms with Crippen molar-refractivity contribution in [3.05, 3.63) is 34.9 Å². The fraction of sp³-hybridized carbons (Fsp3) is 0.111. The standard InChI is InChI=1S/C9H8O4.2K/c1-5-2-3-6(8(10)11)4-7(5)9(12)13;;/h2-4H,1H3,(H,10,11)(H,12,13);;/q;2*+1/p-2. The van der Waals surface area contributed by atoms with E-state index in [0.717, 1.165) is 6.07 Å². The molecule has 6 heteroatoms. The average Bonchev–Trinajstić information content (AvgIpc) is 2.04. The number of rotatable bonds is 2. The Morgan fingerprint density at radius 1 is 1.07 bits per heavy atom. The van der Waals surface area contributed by atoms with Crippen molar-refractivity contribution >= 4 is 11.9 Å². The average molecular weight is 256 g/mol. The Morgan fingerprint density at radius 2 is 1.60 bits per heavy atom. The van der Waals surface area contributed by atoms with Gasteiger partial charge in [-0.15, -0.1) is 0 Å². The molecule has 0 bridgehead atoms. The number of aryl methyl sites for hydroxylation is 1. The summed E-state index contributed by atoms with van der Waals surface area (Å²) in [6.07, 6.45) is 0. The minimum absolute atomic E-state index is 0. The van der Waals surface area contributed by atoms with Crippen molar-refractivity contribution in [2.75, 3.05) is 0 Å². The summed E-state index contributed by atoms with van der Waals surface area (Å²) in [7, 11) is 0. The third-order valence-electron chi connectivity index (χ3n) is 1.69. The summed E-state index contributed by atoms with van der Waals surface area (Å²) in [6.45, 7) is 1.56. The Morgan fingerprint density at radius 3 is 2.00 bits per heavy atom. The van der Waals surface area contributed by atoms with Gasteiger partial charge in [-0.1, -0.05) is 12.1 Å². The summed E-state index contributed by atoms with van der Waals surface area (Å²) in [5.74, 6) is -2.79. The van der Waals surface area contributed by atoms with Crippen LogP contribution in [-0.4, -0.2) is 11.9 Å². The van der Waals surface area contributed by atoms with Gasteiger partial charge in [0.25, 0.3) is 0 Å². The smallest absolute Gasteiger partial charge is 0.545 e. The van der Waals surface area contributed by atoms with Gasteiger partial charge in [0, 0.05) is 5.56 Å². The Balaban J connectivity index is 0. The van der Waals surface area contributed by atoms with Crippen LogP contribution in [-0.2, 0) is 0 Å². The molecule has 0 aromatic heterocycles. The number of carbonyl (C=O) groups excluding carboxylic acids is 2.